The molecule has 0 N–H and O–H groups in total. The molecule has 0 saturated carbocycles. The van der Waals surface area contributed by atoms with E-state index in [9.17, 15) is 0 Å². The predicted octanol–water partition coefficient (Wildman–Crippen LogP) is 5.18. The number of rotatable bonds is 3. The maximum absolute atomic E-state index is 6.00. The first-order chi connectivity index (χ1) is 8.15. The highest BCUT2D eigenvalue weighted by Crippen LogP contribution is 2.28. The molecule has 17 heavy (non-hydrogen) atoms. The third-order valence-corrected chi connectivity index (χ3v) is 3.47. The summed E-state index contributed by atoms with van der Waals surface area (Å²) in [7, 11) is 0. The van der Waals surface area contributed by atoms with E-state index in [1.165, 1.54) is 3.57 Å². The highest BCUT2D eigenvalue weighted by Gasteiger charge is 2.03. The van der Waals surface area contributed by atoms with Gasteiger partial charge in [0.25, 0.3) is 0 Å². The summed E-state index contributed by atoms with van der Waals surface area (Å²) in [5.41, 5.74) is 1.10. The molecule has 1 nitrogen and oxygen atoms in total. The number of ether oxygens (including phenoxy) is 1. The minimum atomic E-state index is 0.483. The smallest absolute Gasteiger partial charge is 0.139 e. The fraction of sp³-hybridized carbons (Fsp3) is 0.0769. The minimum Gasteiger partial charge on any atom is -0.487 e. The van der Waals surface area contributed by atoms with E-state index in [1.54, 1.807) is 18.2 Å². The molecule has 0 amide bonds. The van der Waals surface area contributed by atoms with E-state index in [0.717, 1.165) is 5.56 Å². The minimum absolute atomic E-state index is 0.483. The molecule has 0 fully saturated rings. The second-order valence-electron chi connectivity index (χ2n) is 3.49. The number of halogens is 3. The van der Waals surface area contributed by atoms with Crippen molar-refractivity contribution in [2.45, 2.75) is 6.61 Å². The van der Waals surface area contributed by atoms with Crippen molar-refractivity contribution < 1.29 is 4.74 Å². The van der Waals surface area contributed by atoms with Crippen LogP contribution >= 0.6 is 45.8 Å². The Hall–Kier alpha value is -0.450. The van der Waals surface area contributed by atoms with Crippen molar-refractivity contribution in [3.05, 3.63) is 61.6 Å². The van der Waals surface area contributed by atoms with E-state index < -0.39 is 0 Å². The monoisotopic (exact) mass is 378 g/mol. The van der Waals surface area contributed by atoms with E-state index in [0.29, 0.717) is 22.4 Å². The summed E-state index contributed by atoms with van der Waals surface area (Å²) < 4.78 is 6.83. The van der Waals surface area contributed by atoms with Crippen molar-refractivity contribution in [2.24, 2.45) is 0 Å². The van der Waals surface area contributed by atoms with Gasteiger partial charge >= 0.3 is 0 Å². The van der Waals surface area contributed by atoms with Crippen molar-refractivity contribution in [3.63, 3.8) is 0 Å². The van der Waals surface area contributed by atoms with Crippen LogP contribution in [0.5, 0.6) is 5.75 Å². The van der Waals surface area contributed by atoms with Gasteiger partial charge in [-0.25, -0.2) is 0 Å². The number of hydrogen-bond acceptors (Lipinski definition) is 1. The predicted molar refractivity (Wildman–Crippen MR) is 80.0 cm³/mol. The first kappa shape index (κ1) is 13.0. The molecule has 2 aromatic rings. The zero-order valence-electron chi connectivity index (χ0n) is 8.79. The highest BCUT2D eigenvalue weighted by atomic mass is 127. The average Bonchev–Trinajstić information content (AvgIpc) is 2.32. The van der Waals surface area contributed by atoms with E-state index >= 15 is 0 Å². The van der Waals surface area contributed by atoms with Gasteiger partial charge in [0.15, 0.2) is 0 Å². The Morgan fingerprint density at radius 1 is 1.00 bits per heavy atom. The number of benzene rings is 2. The van der Waals surface area contributed by atoms with Crippen LogP contribution in [0.2, 0.25) is 10.0 Å². The van der Waals surface area contributed by atoms with Crippen LogP contribution in [0.15, 0.2) is 42.5 Å². The lowest BCUT2D eigenvalue weighted by Crippen LogP contribution is -1.95. The molecule has 0 aliphatic rings. The Labute approximate surface area is 124 Å². The summed E-state index contributed by atoms with van der Waals surface area (Å²) in [5.74, 6) is 0.609. The Morgan fingerprint density at radius 2 is 1.71 bits per heavy atom. The van der Waals surface area contributed by atoms with Crippen LogP contribution < -0.4 is 4.74 Å². The van der Waals surface area contributed by atoms with Crippen LogP contribution in [0.25, 0.3) is 0 Å². The van der Waals surface area contributed by atoms with Gasteiger partial charge in [-0.2, -0.15) is 0 Å². The van der Waals surface area contributed by atoms with Gasteiger partial charge in [-0.1, -0.05) is 35.3 Å². The molecule has 0 aliphatic carbocycles. The van der Waals surface area contributed by atoms with Crippen LogP contribution in [-0.4, -0.2) is 0 Å². The van der Waals surface area contributed by atoms with Gasteiger partial charge < -0.3 is 4.74 Å². The van der Waals surface area contributed by atoms with E-state index in [2.05, 4.69) is 22.6 Å². The zero-order chi connectivity index (χ0) is 12.3. The van der Waals surface area contributed by atoms with Crippen molar-refractivity contribution >= 4 is 45.8 Å². The van der Waals surface area contributed by atoms with Gasteiger partial charge in [-0.3, -0.25) is 0 Å². The lowest BCUT2D eigenvalue weighted by atomic mass is 10.2. The fourth-order valence-electron chi connectivity index (χ4n) is 1.33. The second kappa shape index (κ2) is 5.94. The van der Waals surface area contributed by atoms with E-state index in [4.69, 9.17) is 27.9 Å². The summed E-state index contributed by atoms with van der Waals surface area (Å²) in [5, 5.41) is 1.19. The molecule has 88 valence electrons. The van der Waals surface area contributed by atoms with Gasteiger partial charge in [0, 0.05) is 14.7 Å². The molecule has 0 unspecified atom stereocenters. The quantitative estimate of drug-likeness (QED) is 0.669. The summed E-state index contributed by atoms with van der Waals surface area (Å²) in [6.07, 6.45) is 0. The van der Waals surface area contributed by atoms with Gasteiger partial charge in [0.2, 0.25) is 0 Å². The van der Waals surface area contributed by atoms with Crippen molar-refractivity contribution in [1.82, 2.24) is 0 Å². The average molecular weight is 379 g/mol. The molecular weight excluding hydrogens is 370 g/mol. The summed E-state index contributed by atoms with van der Waals surface area (Å²) in [6.45, 7) is 0.483. The molecule has 0 radical (unpaired) electrons. The molecule has 4 heteroatoms. The normalized spacial score (nSPS) is 10.3. The zero-order valence-corrected chi connectivity index (χ0v) is 12.5. The lowest BCUT2D eigenvalue weighted by molar-refractivity contribution is 0.306. The van der Waals surface area contributed by atoms with Crippen LogP contribution in [0, 0.1) is 3.57 Å². The summed E-state index contributed by atoms with van der Waals surface area (Å²) in [6, 6.07) is 13.3. The molecule has 0 aromatic heterocycles. The van der Waals surface area contributed by atoms with Crippen LogP contribution in [0.4, 0.5) is 0 Å². The van der Waals surface area contributed by atoms with Crippen molar-refractivity contribution in [3.8, 4) is 5.75 Å². The molecule has 2 aromatic carbocycles. The highest BCUT2D eigenvalue weighted by molar-refractivity contribution is 14.1. The van der Waals surface area contributed by atoms with Crippen LogP contribution in [0.3, 0.4) is 0 Å². The van der Waals surface area contributed by atoms with Gasteiger partial charge in [-0.15, -0.1) is 0 Å². The Bertz CT molecular complexity index is 511. The van der Waals surface area contributed by atoms with Gasteiger partial charge in [0.05, 0.1) is 5.02 Å². The molecule has 0 heterocycles. The third kappa shape index (κ3) is 3.76. The molecule has 0 aliphatic heterocycles. The Morgan fingerprint density at radius 3 is 2.41 bits per heavy atom. The summed E-state index contributed by atoms with van der Waals surface area (Å²) >= 11 is 14.1. The van der Waals surface area contributed by atoms with Crippen LogP contribution in [-0.2, 0) is 6.61 Å². The number of hydrogen-bond donors (Lipinski definition) is 0. The lowest BCUT2D eigenvalue weighted by Gasteiger charge is -2.08. The summed E-state index contributed by atoms with van der Waals surface area (Å²) in [4.78, 5) is 0. The van der Waals surface area contributed by atoms with E-state index in [1.807, 2.05) is 24.3 Å². The van der Waals surface area contributed by atoms with Gasteiger partial charge in [-0.05, 0) is 52.4 Å². The topological polar surface area (TPSA) is 9.23 Å². The molecular formula is C13H9Cl2IO. The SMILES string of the molecule is Clc1ccc(Cl)c(OCc2ccc(I)cc2)c1. The van der Waals surface area contributed by atoms with Crippen LogP contribution in [0.1, 0.15) is 5.56 Å². The molecule has 0 spiro atoms. The van der Waals surface area contributed by atoms with E-state index in [-0.39, 0.29) is 0 Å². The first-order valence-corrected chi connectivity index (χ1v) is 6.81. The van der Waals surface area contributed by atoms with Gasteiger partial charge in [0.1, 0.15) is 12.4 Å². The third-order valence-electron chi connectivity index (χ3n) is 2.20. The van der Waals surface area contributed by atoms with Crippen molar-refractivity contribution in [2.75, 3.05) is 0 Å². The maximum atomic E-state index is 6.00. The molecule has 0 saturated heterocycles. The molecule has 2 rings (SSSR count). The second-order valence-corrected chi connectivity index (χ2v) is 5.58. The van der Waals surface area contributed by atoms with Crippen molar-refractivity contribution in [1.29, 1.82) is 0 Å². The Balaban J connectivity index is 2.07. The Kier molecular flexibility index (Phi) is 4.54. The first-order valence-electron chi connectivity index (χ1n) is 4.97. The molecule has 0 bridgehead atoms. The standard InChI is InChI=1S/C13H9Cl2IO/c14-10-3-6-12(15)13(7-10)17-8-9-1-4-11(16)5-2-9/h1-7H,8H2. The molecule has 0 atom stereocenters. The maximum Gasteiger partial charge on any atom is 0.139 e. The largest absolute Gasteiger partial charge is 0.487 e. The fourth-order valence-corrected chi connectivity index (χ4v) is 2.02.